The van der Waals surface area contributed by atoms with Crippen molar-refractivity contribution in [1.29, 1.82) is 0 Å². The predicted molar refractivity (Wildman–Crippen MR) is 96.2 cm³/mol. The summed E-state index contributed by atoms with van der Waals surface area (Å²) in [6, 6.07) is 8.67. The summed E-state index contributed by atoms with van der Waals surface area (Å²) in [4.78, 5) is 25.8. The van der Waals surface area contributed by atoms with Crippen molar-refractivity contribution in [2.45, 2.75) is 30.8 Å². The lowest BCUT2D eigenvalue weighted by atomic mass is 10.1. The van der Waals surface area contributed by atoms with Gasteiger partial charge >= 0.3 is 6.03 Å². The first-order valence-electron chi connectivity index (χ1n) is 9.01. The van der Waals surface area contributed by atoms with Gasteiger partial charge in [0.05, 0.1) is 25.7 Å². The zero-order chi connectivity index (χ0) is 19.2. The summed E-state index contributed by atoms with van der Waals surface area (Å²) in [5.74, 6) is -0.324. The highest BCUT2D eigenvalue weighted by Crippen LogP contribution is 2.24. The summed E-state index contributed by atoms with van der Waals surface area (Å²) in [6.45, 7) is 2.04. The lowest BCUT2D eigenvalue weighted by molar-refractivity contribution is -0.120. The fourth-order valence-electron chi connectivity index (χ4n) is 3.15. The second-order valence-corrected chi connectivity index (χ2v) is 6.60. The van der Waals surface area contributed by atoms with Crippen molar-refractivity contribution in [3.63, 3.8) is 0 Å². The second-order valence-electron chi connectivity index (χ2n) is 6.60. The zero-order valence-corrected chi connectivity index (χ0v) is 14.9. The first-order chi connectivity index (χ1) is 13.0. The molecule has 2 heterocycles. The Morgan fingerprint density at radius 2 is 1.74 bits per heavy atom. The fourth-order valence-corrected chi connectivity index (χ4v) is 3.15. The Balaban J connectivity index is 1.46. The molecule has 0 aliphatic carbocycles. The standard InChI is InChI=1S/C18H25N3O6/c22-15(20-12-4-2-1-3-5-12)10-13-16(23)17(24)14(27-13)11-19-18(25)21-6-8-26-9-7-21/h1-5,13-14,16-17,23-24H,6-11H2,(H,19,25)(H,20,22)/t13-,14+,16-,17+/m0/s1. The van der Waals surface area contributed by atoms with Gasteiger partial charge in [0.1, 0.15) is 18.3 Å². The lowest BCUT2D eigenvalue weighted by Crippen LogP contribution is -2.49. The minimum absolute atomic E-state index is 0.0468. The van der Waals surface area contributed by atoms with E-state index < -0.39 is 24.4 Å². The minimum atomic E-state index is -1.20. The van der Waals surface area contributed by atoms with Gasteiger partial charge in [-0.3, -0.25) is 4.79 Å². The van der Waals surface area contributed by atoms with E-state index in [2.05, 4.69) is 10.6 Å². The van der Waals surface area contributed by atoms with E-state index in [1.807, 2.05) is 6.07 Å². The number of anilines is 1. The maximum Gasteiger partial charge on any atom is 0.317 e. The van der Waals surface area contributed by atoms with Crippen LogP contribution in [0.5, 0.6) is 0 Å². The quantitative estimate of drug-likeness (QED) is 0.550. The molecular formula is C18H25N3O6. The molecule has 0 unspecified atom stereocenters. The van der Waals surface area contributed by atoms with Crippen LogP contribution >= 0.6 is 0 Å². The number of nitrogens with one attached hydrogen (secondary N) is 2. The smallest absolute Gasteiger partial charge is 0.317 e. The number of carbonyl (C=O) groups excluding carboxylic acids is 2. The zero-order valence-electron chi connectivity index (χ0n) is 14.9. The molecule has 0 spiro atoms. The van der Waals surface area contributed by atoms with Gasteiger partial charge in [-0.15, -0.1) is 0 Å². The van der Waals surface area contributed by atoms with E-state index in [0.717, 1.165) is 0 Å². The number of benzene rings is 1. The number of hydrogen-bond donors (Lipinski definition) is 4. The molecule has 9 nitrogen and oxygen atoms in total. The van der Waals surface area contributed by atoms with E-state index in [4.69, 9.17) is 9.47 Å². The van der Waals surface area contributed by atoms with Crippen LogP contribution in [0.1, 0.15) is 6.42 Å². The molecule has 4 atom stereocenters. The number of nitrogens with zero attached hydrogens (tertiary/aromatic N) is 1. The summed E-state index contributed by atoms with van der Waals surface area (Å²) < 4.78 is 10.8. The number of amides is 3. The summed E-state index contributed by atoms with van der Waals surface area (Å²) in [5, 5.41) is 25.7. The van der Waals surface area contributed by atoms with E-state index in [9.17, 15) is 19.8 Å². The topological polar surface area (TPSA) is 120 Å². The van der Waals surface area contributed by atoms with Crippen LogP contribution in [-0.2, 0) is 14.3 Å². The molecule has 3 amide bonds. The SMILES string of the molecule is O=C(C[C@@H]1O[C@H](CNC(=O)N2CCOCC2)[C@@H](O)[C@H]1O)Nc1ccccc1. The van der Waals surface area contributed by atoms with Crippen molar-refractivity contribution in [1.82, 2.24) is 10.2 Å². The molecule has 1 aromatic carbocycles. The van der Waals surface area contributed by atoms with Gasteiger partial charge in [-0.05, 0) is 12.1 Å². The number of urea groups is 1. The maximum absolute atomic E-state index is 12.1. The molecule has 148 valence electrons. The predicted octanol–water partition coefficient (Wildman–Crippen LogP) is -0.454. The number of carbonyl (C=O) groups is 2. The van der Waals surface area contributed by atoms with Gasteiger partial charge in [-0.2, -0.15) is 0 Å². The first kappa shape index (κ1) is 19.6. The van der Waals surface area contributed by atoms with Gasteiger partial charge < -0.3 is 35.2 Å². The number of para-hydroxylation sites is 1. The van der Waals surface area contributed by atoms with Crippen molar-refractivity contribution in [3.05, 3.63) is 30.3 Å². The van der Waals surface area contributed by atoms with Crippen LogP contribution < -0.4 is 10.6 Å². The average molecular weight is 379 g/mol. The molecule has 2 saturated heterocycles. The Morgan fingerprint density at radius 1 is 1.07 bits per heavy atom. The monoisotopic (exact) mass is 379 g/mol. The molecule has 2 aliphatic rings. The van der Waals surface area contributed by atoms with Crippen LogP contribution in [-0.4, -0.2) is 84.3 Å². The summed E-state index contributed by atoms with van der Waals surface area (Å²) >= 11 is 0. The normalized spacial score (nSPS) is 28.0. The van der Waals surface area contributed by atoms with Crippen LogP contribution in [0, 0.1) is 0 Å². The Bertz CT molecular complexity index is 637. The van der Waals surface area contributed by atoms with Crippen molar-refractivity contribution in [3.8, 4) is 0 Å². The van der Waals surface area contributed by atoms with Crippen molar-refractivity contribution >= 4 is 17.6 Å². The Kier molecular flexibility index (Phi) is 6.62. The molecule has 0 aromatic heterocycles. The minimum Gasteiger partial charge on any atom is -0.388 e. The van der Waals surface area contributed by atoms with Crippen LogP contribution in [0.3, 0.4) is 0 Å². The molecule has 1 aromatic rings. The molecule has 0 saturated carbocycles. The van der Waals surface area contributed by atoms with Gasteiger partial charge in [0.2, 0.25) is 5.91 Å². The third kappa shape index (κ3) is 5.16. The third-order valence-corrected chi connectivity index (χ3v) is 4.66. The van der Waals surface area contributed by atoms with Gasteiger partial charge in [0.25, 0.3) is 0 Å². The number of rotatable bonds is 5. The maximum atomic E-state index is 12.1. The molecule has 2 aliphatic heterocycles. The number of morpholine rings is 1. The molecule has 4 N–H and O–H groups in total. The van der Waals surface area contributed by atoms with E-state index in [1.165, 1.54) is 0 Å². The summed E-state index contributed by atoms with van der Waals surface area (Å²) in [6.07, 6.45) is -4.09. The molecule has 0 radical (unpaired) electrons. The second kappa shape index (κ2) is 9.14. The largest absolute Gasteiger partial charge is 0.388 e. The highest BCUT2D eigenvalue weighted by atomic mass is 16.5. The van der Waals surface area contributed by atoms with Gasteiger partial charge in [-0.1, -0.05) is 18.2 Å². The Labute approximate surface area is 157 Å². The van der Waals surface area contributed by atoms with Crippen LogP contribution in [0.15, 0.2) is 30.3 Å². The molecule has 27 heavy (non-hydrogen) atoms. The number of aliphatic hydroxyl groups is 2. The molecule has 9 heteroatoms. The van der Waals surface area contributed by atoms with Gasteiger partial charge in [0.15, 0.2) is 0 Å². The lowest BCUT2D eigenvalue weighted by Gasteiger charge is -2.27. The molecule has 0 bridgehead atoms. The van der Waals surface area contributed by atoms with E-state index >= 15 is 0 Å². The first-order valence-corrected chi connectivity index (χ1v) is 9.01. The van der Waals surface area contributed by atoms with Crippen molar-refractivity contribution < 1.29 is 29.3 Å². The number of hydrogen-bond acceptors (Lipinski definition) is 6. The van der Waals surface area contributed by atoms with Crippen LogP contribution in [0.25, 0.3) is 0 Å². The number of ether oxygens (including phenoxy) is 2. The number of aliphatic hydroxyl groups excluding tert-OH is 2. The summed E-state index contributed by atoms with van der Waals surface area (Å²) in [5.41, 5.74) is 0.643. The van der Waals surface area contributed by atoms with Gasteiger partial charge in [-0.25, -0.2) is 4.79 Å². The molecule has 3 rings (SSSR count). The molecular weight excluding hydrogens is 354 g/mol. The van der Waals surface area contributed by atoms with Crippen molar-refractivity contribution in [2.75, 3.05) is 38.2 Å². The highest BCUT2D eigenvalue weighted by molar-refractivity contribution is 5.91. The summed E-state index contributed by atoms with van der Waals surface area (Å²) in [7, 11) is 0. The highest BCUT2D eigenvalue weighted by Gasteiger charge is 2.43. The van der Waals surface area contributed by atoms with E-state index in [1.54, 1.807) is 29.2 Å². The Morgan fingerprint density at radius 3 is 2.44 bits per heavy atom. The molecule has 2 fully saturated rings. The third-order valence-electron chi connectivity index (χ3n) is 4.66. The Hall–Kier alpha value is -2.20. The van der Waals surface area contributed by atoms with Crippen molar-refractivity contribution in [2.24, 2.45) is 0 Å². The van der Waals surface area contributed by atoms with E-state index in [0.29, 0.717) is 32.0 Å². The van der Waals surface area contributed by atoms with Crippen LogP contribution in [0.2, 0.25) is 0 Å². The average Bonchev–Trinajstić information content (AvgIpc) is 2.95. The van der Waals surface area contributed by atoms with Crippen LogP contribution in [0.4, 0.5) is 10.5 Å². The van der Waals surface area contributed by atoms with E-state index in [-0.39, 0.29) is 24.9 Å². The van der Waals surface area contributed by atoms with Gasteiger partial charge in [0, 0.05) is 25.3 Å². The fraction of sp³-hybridized carbons (Fsp3) is 0.556.